The van der Waals surface area contributed by atoms with Crippen LogP contribution in [0, 0.1) is 13.8 Å². The number of anilines is 1. The minimum Gasteiger partial charge on any atom is -0.430 e. The van der Waals surface area contributed by atoms with Crippen LogP contribution >= 0.6 is 11.3 Å². The lowest BCUT2D eigenvalue weighted by molar-refractivity contribution is 0.469. The van der Waals surface area contributed by atoms with E-state index in [1.54, 1.807) is 6.07 Å². The standard InChI is InChI=1S/C10H11N3OS/c1-6-5-8(11)3-4-9(6)14-10-13-12-7(2)15-10/h3-5H,11H2,1-2H3. The number of nitrogens with two attached hydrogens (primary N) is 1. The Hall–Kier alpha value is -1.62. The highest BCUT2D eigenvalue weighted by Crippen LogP contribution is 2.28. The summed E-state index contributed by atoms with van der Waals surface area (Å²) < 4.78 is 5.57. The average molecular weight is 221 g/mol. The van der Waals surface area contributed by atoms with Crippen LogP contribution in [0.15, 0.2) is 18.2 Å². The highest BCUT2D eigenvalue weighted by molar-refractivity contribution is 7.13. The summed E-state index contributed by atoms with van der Waals surface area (Å²) in [5, 5.41) is 9.21. The predicted octanol–water partition coefficient (Wildman–Crippen LogP) is 2.53. The summed E-state index contributed by atoms with van der Waals surface area (Å²) in [4.78, 5) is 0. The molecule has 0 fully saturated rings. The van der Waals surface area contributed by atoms with Crippen LogP contribution in [0.2, 0.25) is 0 Å². The van der Waals surface area contributed by atoms with Gasteiger partial charge in [0.1, 0.15) is 10.8 Å². The largest absolute Gasteiger partial charge is 0.430 e. The Morgan fingerprint density at radius 1 is 1.27 bits per heavy atom. The van der Waals surface area contributed by atoms with Gasteiger partial charge in [-0.05, 0) is 37.6 Å². The number of aryl methyl sites for hydroxylation is 2. The van der Waals surface area contributed by atoms with Crippen molar-refractivity contribution in [1.29, 1.82) is 0 Å². The molecule has 4 nitrogen and oxygen atoms in total. The Morgan fingerprint density at radius 3 is 2.67 bits per heavy atom. The van der Waals surface area contributed by atoms with Crippen LogP contribution in [0.25, 0.3) is 0 Å². The lowest BCUT2D eigenvalue weighted by atomic mass is 10.2. The van der Waals surface area contributed by atoms with Crippen LogP contribution in [0.5, 0.6) is 10.9 Å². The second-order valence-corrected chi connectivity index (χ2v) is 4.36. The van der Waals surface area contributed by atoms with Crippen molar-refractivity contribution in [1.82, 2.24) is 10.2 Å². The third-order valence-corrected chi connectivity index (χ3v) is 2.62. The van der Waals surface area contributed by atoms with Crippen LogP contribution in [0.1, 0.15) is 10.6 Å². The van der Waals surface area contributed by atoms with Gasteiger partial charge in [0.15, 0.2) is 0 Å². The Bertz CT molecular complexity index is 481. The van der Waals surface area contributed by atoms with Crippen molar-refractivity contribution < 1.29 is 4.74 Å². The van der Waals surface area contributed by atoms with Crippen molar-refractivity contribution in [3.8, 4) is 10.9 Å². The predicted molar refractivity (Wildman–Crippen MR) is 60.3 cm³/mol. The zero-order valence-corrected chi connectivity index (χ0v) is 9.34. The van der Waals surface area contributed by atoms with Gasteiger partial charge in [-0.2, -0.15) is 0 Å². The van der Waals surface area contributed by atoms with E-state index >= 15 is 0 Å². The molecule has 0 radical (unpaired) electrons. The van der Waals surface area contributed by atoms with Gasteiger partial charge < -0.3 is 10.5 Å². The van der Waals surface area contributed by atoms with Crippen LogP contribution < -0.4 is 10.5 Å². The van der Waals surface area contributed by atoms with Gasteiger partial charge in [0.25, 0.3) is 5.19 Å². The topological polar surface area (TPSA) is 61.0 Å². The molecule has 2 N–H and O–H groups in total. The number of ether oxygens (including phenoxy) is 1. The fourth-order valence-corrected chi connectivity index (χ4v) is 1.75. The molecule has 0 aliphatic heterocycles. The zero-order chi connectivity index (χ0) is 10.8. The molecule has 0 spiro atoms. The number of hydrogen-bond donors (Lipinski definition) is 1. The first-order chi connectivity index (χ1) is 7.15. The summed E-state index contributed by atoms with van der Waals surface area (Å²) in [6, 6.07) is 5.50. The van der Waals surface area contributed by atoms with Gasteiger partial charge in [0.2, 0.25) is 0 Å². The molecular formula is C10H11N3OS. The van der Waals surface area contributed by atoms with Crippen molar-refractivity contribution in [2.24, 2.45) is 0 Å². The molecule has 1 aromatic carbocycles. The first kappa shape index (κ1) is 9.92. The van der Waals surface area contributed by atoms with Crippen molar-refractivity contribution in [3.05, 3.63) is 28.8 Å². The molecule has 1 aromatic heterocycles. The molecule has 0 atom stereocenters. The van der Waals surface area contributed by atoms with Crippen LogP contribution in [-0.4, -0.2) is 10.2 Å². The summed E-state index contributed by atoms with van der Waals surface area (Å²) in [5.41, 5.74) is 7.36. The lowest BCUT2D eigenvalue weighted by Gasteiger charge is -2.05. The van der Waals surface area contributed by atoms with E-state index in [4.69, 9.17) is 10.5 Å². The Morgan fingerprint density at radius 2 is 2.07 bits per heavy atom. The van der Waals surface area contributed by atoms with Crippen LogP contribution in [-0.2, 0) is 0 Å². The van der Waals surface area contributed by atoms with Crippen LogP contribution in [0.4, 0.5) is 5.69 Å². The number of aromatic nitrogens is 2. The zero-order valence-electron chi connectivity index (χ0n) is 8.52. The minimum atomic E-state index is 0.556. The lowest BCUT2D eigenvalue weighted by Crippen LogP contribution is -1.90. The Kier molecular flexibility index (Phi) is 2.55. The maximum absolute atomic E-state index is 5.64. The third-order valence-electron chi connectivity index (χ3n) is 1.90. The van der Waals surface area contributed by atoms with Gasteiger partial charge in [-0.3, -0.25) is 0 Å². The SMILES string of the molecule is Cc1nnc(Oc2ccc(N)cc2C)s1. The number of nitrogen functional groups attached to an aromatic ring is 1. The summed E-state index contributed by atoms with van der Waals surface area (Å²) in [7, 11) is 0. The Labute approximate surface area is 91.7 Å². The van der Waals surface area contributed by atoms with E-state index < -0.39 is 0 Å². The third kappa shape index (κ3) is 2.24. The fourth-order valence-electron chi connectivity index (χ4n) is 1.20. The summed E-state index contributed by atoms with van der Waals surface area (Å²) in [5.74, 6) is 0.764. The molecule has 5 heteroatoms. The number of hydrogen-bond acceptors (Lipinski definition) is 5. The second kappa shape index (κ2) is 3.86. The van der Waals surface area contributed by atoms with E-state index in [-0.39, 0.29) is 0 Å². The molecule has 78 valence electrons. The minimum absolute atomic E-state index is 0.556. The molecule has 2 aromatic rings. The van der Waals surface area contributed by atoms with E-state index in [0.717, 1.165) is 22.0 Å². The van der Waals surface area contributed by atoms with Gasteiger partial charge >= 0.3 is 0 Å². The van der Waals surface area contributed by atoms with Gasteiger partial charge in [-0.25, -0.2) is 0 Å². The van der Waals surface area contributed by atoms with Crippen LogP contribution in [0.3, 0.4) is 0 Å². The first-order valence-corrected chi connectivity index (χ1v) is 5.31. The number of benzene rings is 1. The molecule has 1 heterocycles. The maximum Gasteiger partial charge on any atom is 0.299 e. The van der Waals surface area contributed by atoms with E-state index in [9.17, 15) is 0 Å². The van der Waals surface area contributed by atoms with Gasteiger partial charge in [-0.15, -0.1) is 5.10 Å². The highest BCUT2D eigenvalue weighted by Gasteiger charge is 2.05. The van der Waals surface area contributed by atoms with Gasteiger partial charge in [0, 0.05) is 5.69 Å². The van der Waals surface area contributed by atoms with Crippen molar-refractivity contribution in [2.45, 2.75) is 13.8 Å². The van der Waals surface area contributed by atoms with Crippen molar-refractivity contribution >= 4 is 17.0 Å². The first-order valence-electron chi connectivity index (χ1n) is 4.49. The molecule has 0 saturated heterocycles. The fraction of sp³-hybridized carbons (Fsp3) is 0.200. The molecule has 0 bridgehead atoms. The summed E-state index contributed by atoms with van der Waals surface area (Å²) in [6.45, 7) is 3.83. The molecular weight excluding hydrogens is 210 g/mol. The maximum atomic E-state index is 5.64. The summed E-state index contributed by atoms with van der Waals surface area (Å²) in [6.07, 6.45) is 0. The molecule has 2 rings (SSSR count). The van der Waals surface area contributed by atoms with E-state index in [1.165, 1.54) is 11.3 Å². The van der Waals surface area contributed by atoms with E-state index in [1.807, 2.05) is 26.0 Å². The quantitative estimate of drug-likeness (QED) is 0.791. The van der Waals surface area contributed by atoms with Gasteiger partial charge in [-0.1, -0.05) is 16.4 Å². The number of rotatable bonds is 2. The van der Waals surface area contributed by atoms with Crippen molar-refractivity contribution in [3.63, 3.8) is 0 Å². The van der Waals surface area contributed by atoms with Gasteiger partial charge in [0.05, 0.1) is 0 Å². The molecule has 0 amide bonds. The average Bonchev–Trinajstić information content (AvgIpc) is 2.56. The second-order valence-electron chi connectivity index (χ2n) is 3.21. The van der Waals surface area contributed by atoms with E-state index in [0.29, 0.717) is 5.19 Å². The molecule has 0 saturated carbocycles. The molecule has 0 unspecified atom stereocenters. The smallest absolute Gasteiger partial charge is 0.299 e. The monoisotopic (exact) mass is 221 g/mol. The van der Waals surface area contributed by atoms with Crippen molar-refractivity contribution in [2.75, 3.05) is 5.73 Å². The number of nitrogens with zero attached hydrogens (tertiary/aromatic N) is 2. The molecule has 0 aliphatic rings. The highest BCUT2D eigenvalue weighted by atomic mass is 32.1. The molecule has 0 aliphatic carbocycles. The summed E-state index contributed by atoms with van der Waals surface area (Å²) >= 11 is 1.42. The normalized spacial score (nSPS) is 10.3. The Balaban J connectivity index is 2.24. The molecule has 15 heavy (non-hydrogen) atoms. The van der Waals surface area contributed by atoms with E-state index in [2.05, 4.69) is 10.2 Å².